The third-order valence-corrected chi connectivity index (χ3v) is 3.86. The SMILES string of the molecule is COc1c(CCN2CCNCC2)ccc2c1OCCO2. The van der Waals surface area contributed by atoms with Crippen LogP contribution in [0.2, 0.25) is 0 Å². The molecule has 2 aliphatic rings. The summed E-state index contributed by atoms with van der Waals surface area (Å²) in [5, 5.41) is 3.37. The van der Waals surface area contributed by atoms with Gasteiger partial charge in [-0.25, -0.2) is 0 Å². The molecule has 1 aromatic rings. The van der Waals surface area contributed by atoms with Crippen LogP contribution >= 0.6 is 0 Å². The minimum atomic E-state index is 0.588. The molecule has 3 rings (SSSR count). The first kappa shape index (κ1) is 13.5. The molecule has 0 saturated carbocycles. The molecule has 0 amide bonds. The molecule has 2 heterocycles. The highest BCUT2D eigenvalue weighted by molar-refractivity contribution is 5.56. The van der Waals surface area contributed by atoms with Crippen LogP contribution in [0.1, 0.15) is 5.56 Å². The Kier molecular flexibility index (Phi) is 4.28. The number of benzene rings is 1. The Morgan fingerprint density at radius 1 is 1.20 bits per heavy atom. The molecule has 0 spiro atoms. The number of hydrogen-bond acceptors (Lipinski definition) is 5. The molecule has 1 saturated heterocycles. The van der Waals surface area contributed by atoms with Gasteiger partial charge in [0.2, 0.25) is 5.75 Å². The van der Waals surface area contributed by atoms with E-state index in [2.05, 4.69) is 16.3 Å². The van der Waals surface area contributed by atoms with Crippen molar-refractivity contribution in [3.05, 3.63) is 17.7 Å². The normalized spacial score (nSPS) is 18.9. The number of piperazine rings is 1. The van der Waals surface area contributed by atoms with E-state index < -0.39 is 0 Å². The number of hydrogen-bond donors (Lipinski definition) is 1. The monoisotopic (exact) mass is 278 g/mol. The molecule has 0 aliphatic carbocycles. The van der Waals surface area contributed by atoms with Crippen LogP contribution < -0.4 is 19.5 Å². The van der Waals surface area contributed by atoms with Gasteiger partial charge in [-0.15, -0.1) is 0 Å². The van der Waals surface area contributed by atoms with Gasteiger partial charge in [0, 0.05) is 32.7 Å². The maximum atomic E-state index is 5.70. The summed E-state index contributed by atoms with van der Waals surface area (Å²) in [5.74, 6) is 2.38. The summed E-state index contributed by atoms with van der Waals surface area (Å²) in [7, 11) is 1.70. The molecule has 1 fully saturated rings. The van der Waals surface area contributed by atoms with Gasteiger partial charge in [-0.2, -0.15) is 0 Å². The summed E-state index contributed by atoms with van der Waals surface area (Å²) in [5.41, 5.74) is 1.19. The summed E-state index contributed by atoms with van der Waals surface area (Å²) in [6, 6.07) is 4.08. The highest BCUT2D eigenvalue weighted by Crippen LogP contribution is 2.41. The highest BCUT2D eigenvalue weighted by Gasteiger charge is 2.20. The zero-order valence-corrected chi connectivity index (χ0v) is 12.0. The summed E-state index contributed by atoms with van der Waals surface area (Å²) >= 11 is 0. The van der Waals surface area contributed by atoms with E-state index in [4.69, 9.17) is 14.2 Å². The van der Waals surface area contributed by atoms with E-state index in [1.54, 1.807) is 7.11 Å². The van der Waals surface area contributed by atoms with Crippen LogP contribution in [0.3, 0.4) is 0 Å². The van der Waals surface area contributed by atoms with Crippen LogP contribution in [0.15, 0.2) is 12.1 Å². The van der Waals surface area contributed by atoms with Gasteiger partial charge in [0.25, 0.3) is 0 Å². The summed E-state index contributed by atoms with van der Waals surface area (Å²) < 4.78 is 16.8. The lowest BCUT2D eigenvalue weighted by Gasteiger charge is -2.28. The van der Waals surface area contributed by atoms with Gasteiger partial charge in [-0.3, -0.25) is 0 Å². The molecule has 1 N–H and O–H groups in total. The summed E-state index contributed by atoms with van der Waals surface area (Å²) in [6.07, 6.45) is 0.972. The first-order chi connectivity index (χ1) is 9.88. The van der Waals surface area contributed by atoms with Crippen LogP contribution in [0.4, 0.5) is 0 Å². The van der Waals surface area contributed by atoms with Crippen molar-refractivity contribution in [1.82, 2.24) is 10.2 Å². The molecule has 0 aromatic heterocycles. The Bertz CT molecular complexity index is 459. The second kappa shape index (κ2) is 6.33. The number of nitrogens with zero attached hydrogens (tertiary/aromatic N) is 1. The number of rotatable bonds is 4. The van der Waals surface area contributed by atoms with Gasteiger partial charge >= 0.3 is 0 Å². The van der Waals surface area contributed by atoms with E-state index in [-0.39, 0.29) is 0 Å². The van der Waals surface area contributed by atoms with E-state index in [1.807, 2.05) is 6.07 Å². The van der Waals surface area contributed by atoms with E-state index >= 15 is 0 Å². The van der Waals surface area contributed by atoms with Crippen molar-refractivity contribution in [2.75, 3.05) is 53.0 Å². The standard InChI is InChI=1S/C15H22N2O3/c1-18-14-12(4-7-17-8-5-16-6-9-17)2-3-13-15(14)20-11-10-19-13/h2-3,16H,4-11H2,1H3. The molecule has 5 heteroatoms. The van der Waals surface area contributed by atoms with Crippen LogP contribution in [0.25, 0.3) is 0 Å². The topological polar surface area (TPSA) is 43.0 Å². The maximum Gasteiger partial charge on any atom is 0.203 e. The lowest BCUT2D eigenvalue weighted by Crippen LogP contribution is -2.44. The Labute approximate surface area is 119 Å². The first-order valence-electron chi connectivity index (χ1n) is 7.27. The van der Waals surface area contributed by atoms with Crippen molar-refractivity contribution in [2.45, 2.75) is 6.42 Å². The maximum absolute atomic E-state index is 5.70. The molecule has 20 heavy (non-hydrogen) atoms. The van der Waals surface area contributed by atoms with Crippen molar-refractivity contribution >= 4 is 0 Å². The smallest absolute Gasteiger partial charge is 0.203 e. The molecule has 0 unspecified atom stereocenters. The van der Waals surface area contributed by atoms with Crippen LogP contribution in [0.5, 0.6) is 17.2 Å². The van der Waals surface area contributed by atoms with Crippen LogP contribution in [-0.4, -0.2) is 57.9 Å². The Morgan fingerprint density at radius 2 is 2.00 bits per heavy atom. The predicted molar refractivity (Wildman–Crippen MR) is 77.0 cm³/mol. The van der Waals surface area contributed by atoms with Gasteiger partial charge in [0.05, 0.1) is 7.11 Å². The first-order valence-corrected chi connectivity index (χ1v) is 7.27. The average Bonchev–Trinajstić information content (AvgIpc) is 2.53. The fraction of sp³-hybridized carbons (Fsp3) is 0.600. The predicted octanol–water partition coefficient (Wildman–Crippen LogP) is 0.914. The average molecular weight is 278 g/mol. The quantitative estimate of drug-likeness (QED) is 0.887. The van der Waals surface area contributed by atoms with Crippen molar-refractivity contribution in [1.29, 1.82) is 0 Å². The molecule has 1 aromatic carbocycles. The van der Waals surface area contributed by atoms with Gasteiger partial charge < -0.3 is 24.4 Å². The fourth-order valence-corrected chi connectivity index (χ4v) is 2.77. The molecule has 0 radical (unpaired) electrons. The van der Waals surface area contributed by atoms with E-state index in [0.29, 0.717) is 13.2 Å². The Morgan fingerprint density at radius 3 is 2.80 bits per heavy atom. The van der Waals surface area contributed by atoms with E-state index in [9.17, 15) is 0 Å². The zero-order chi connectivity index (χ0) is 13.8. The van der Waals surface area contributed by atoms with Gasteiger partial charge in [0.15, 0.2) is 11.5 Å². The number of fused-ring (bicyclic) bond motifs is 1. The minimum absolute atomic E-state index is 0.588. The van der Waals surface area contributed by atoms with Crippen LogP contribution in [-0.2, 0) is 6.42 Å². The Balaban J connectivity index is 1.72. The van der Waals surface area contributed by atoms with Crippen molar-refractivity contribution in [2.24, 2.45) is 0 Å². The molecular weight excluding hydrogens is 256 g/mol. The molecule has 5 nitrogen and oxygen atoms in total. The molecule has 0 bridgehead atoms. The minimum Gasteiger partial charge on any atom is -0.492 e. The Hall–Kier alpha value is -1.46. The number of methoxy groups -OCH3 is 1. The fourth-order valence-electron chi connectivity index (χ4n) is 2.77. The van der Waals surface area contributed by atoms with Crippen molar-refractivity contribution in [3.63, 3.8) is 0 Å². The third kappa shape index (κ3) is 2.83. The zero-order valence-electron chi connectivity index (χ0n) is 12.0. The molecule has 110 valence electrons. The second-order valence-electron chi connectivity index (χ2n) is 5.12. The largest absolute Gasteiger partial charge is 0.492 e. The molecule has 0 atom stereocenters. The second-order valence-corrected chi connectivity index (χ2v) is 5.12. The lowest BCUT2D eigenvalue weighted by molar-refractivity contribution is 0.164. The highest BCUT2D eigenvalue weighted by atomic mass is 16.6. The van der Waals surface area contributed by atoms with Gasteiger partial charge in [-0.05, 0) is 18.1 Å². The van der Waals surface area contributed by atoms with E-state index in [0.717, 1.165) is 56.4 Å². The summed E-state index contributed by atoms with van der Waals surface area (Å²) in [4.78, 5) is 2.48. The van der Waals surface area contributed by atoms with Gasteiger partial charge in [-0.1, -0.05) is 6.07 Å². The number of ether oxygens (including phenoxy) is 3. The summed E-state index contributed by atoms with van der Waals surface area (Å²) in [6.45, 7) is 6.65. The third-order valence-electron chi connectivity index (χ3n) is 3.86. The molecular formula is C15H22N2O3. The van der Waals surface area contributed by atoms with Gasteiger partial charge in [0.1, 0.15) is 13.2 Å². The lowest BCUT2D eigenvalue weighted by atomic mass is 10.1. The van der Waals surface area contributed by atoms with Crippen molar-refractivity contribution in [3.8, 4) is 17.2 Å². The number of nitrogens with one attached hydrogen (secondary N) is 1. The van der Waals surface area contributed by atoms with E-state index in [1.165, 1.54) is 5.56 Å². The van der Waals surface area contributed by atoms with Crippen molar-refractivity contribution < 1.29 is 14.2 Å². The molecule has 2 aliphatic heterocycles. The van der Waals surface area contributed by atoms with Crippen LogP contribution in [0, 0.1) is 0 Å².